The fourth-order valence-corrected chi connectivity index (χ4v) is 4.18. The van der Waals surface area contributed by atoms with Crippen LogP contribution in [0.4, 0.5) is 13.2 Å². The molecular weight excluding hydrogens is 419 g/mol. The number of piperidine rings is 1. The van der Waals surface area contributed by atoms with Crippen LogP contribution in [-0.4, -0.2) is 28.0 Å². The first-order valence-electron chi connectivity index (χ1n) is 10.6. The molecule has 1 unspecified atom stereocenters. The number of likely N-dealkylation sites (tertiary alicyclic amines) is 1. The highest BCUT2D eigenvalue weighted by Gasteiger charge is 2.30. The normalized spacial score (nSPS) is 17.8. The SMILES string of the molecule is Cc1oc(-c2ccc(C(F)(F)F)cc2)nc1CN1CCCC(c2nc3ccccc3o2)C1. The molecule has 32 heavy (non-hydrogen) atoms. The van der Waals surface area contributed by atoms with Crippen LogP contribution < -0.4 is 0 Å². The highest BCUT2D eigenvalue weighted by molar-refractivity contribution is 5.72. The van der Waals surface area contributed by atoms with Gasteiger partial charge in [0.2, 0.25) is 5.89 Å². The van der Waals surface area contributed by atoms with Gasteiger partial charge >= 0.3 is 6.18 Å². The summed E-state index contributed by atoms with van der Waals surface area (Å²) in [6.07, 6.45) is -2.33. The summed E-state index contributed by atoms with van der Waals surface area (Å²) in [5.41, 5.74) is 2.29. The van der Waals surface area contributed by atoms with Crippen molar-refractivity contribution in [3.8, 4) is 11.5 Å². The summed E-state index contributed by atoms with van der Waals surface area (Å²) in [5, 5.41) is 0. The van der Waals surface area contributed by atoms with Gasteiger partial charge in [0.1, 0.15) is 11.3 Å². The summed E-state index contributed by atoms with van der Waals surface area (Å²) in [6, 6.07) is 12.6. The number of aryl methyl sites for hydroxylation is 1. The van der Waals surface area contributed by atoms with Crippen molar-refractivity contribution in [1.82, 2.24) is 14.9 Å². The van der Waals surface area contributed by atoms with Crippen molar-refractivity contribution in [3.05, 3.63) is 71.4 Å². The third-order valence-electron chi connectivity index (χ3n) is 5.89. The van der Waals surface area contributed by atoms with E-state index in [4.69, 9.17) is 8.83 Å². The molecule has 0 amide bonds. The summed E-state index contributed by atoms with van der Waals surface area (Å²) in [5.74, 6) is 1.97. The van der Waals surface area contributed by atoms with E-state index < -0.39 is 11.7 Å². The van der Waals surface area contributed by atoms with E-state index in [1.165, 1.54) is 12.1 Å². The van der Waals surface area contributed by atoms with Crippen molar-refractivity contribution in [3.63, 3.8) is 0 Å². The maximum Gasteiger partial charge on any atom is 0.416 e. The number of aromatic nitrogens is 2. The molecule has 0 radical (unpaired) electrons. The van der Waals surface area contributed by atoms with E-state index in [9.17, 15) is 13.2 Å². The number of rotatable bonds is 4. The molecule has 4 aromatic rings. The van der Waals surface area contributed by atoms with Gasteiger partial charge in [-0.15, -0.1) is 0 Å². The summed E-state index contributed by atoms with van der Waals surface area (Å²) < 4.78 is 50.2. The summed E-state index contributed by atoms with van der Waals surface area (Å²) in [6.45, 7) is 4.16. The number of oxazole rings is 2. The minimum absolute atomic E-state index is 0.206. The van der Waals surface area contributed by atoms with Gasteiger partial charge in [-0.3, -0.25) is 4.90 Å². The zero-order valence-electron chi connectivity index (χ0n) is 17.5. The number of alkyl halides is 3. The second-order valence-electron chi connectivity index (χ2n) is 8.19. The molecule has 2 aromatic carbocycles. The highest BCUT2D eigenvalue weighted by atomic mass is 19.4. The predicted octanol–water partition coefficient (Wildman–Crippen LogP) is 6.19. The Balaban J connectivity index is 1.30. The van der Waals surface area contributed by atoms with E-state index >= 15 is 0 Å². The van der Waals surface area contributed by atoms with Gasteiger partial charge in [0.25, 0.3) is 0 Å². The van der Waals surface area contributed by atoms with Crippen LogP contribution in [0.2, 0.25) is 0 Å². The molecule has 0 spiro atoms. The van der Waals surface area contributed by atoms with Gasteiger partial charge in [-0.25, -0.2) is 9.97 Å². The van der Waals surface area contributed by atoms with Gasteiger partial charge < -0.3 is 8.83 Å². The molecular formula is C24H22F3N3O2. The fraction of sp³-hybridized carbons (Fsp3) is 0.333. The minimum Gasteiger partial charge on any atom is -0.441 e. The molecule has 0 bridgehead atoms. The van der Waals surface area contributed by atoms with Crippen LogP contribution in [0.15, 0.2) is 57.4 Å². The number of nitrogens with zero attached hydrogens (tertiary/aromatic N) is 3. The molecule has 1 atom stereocenters. The molecule has 1 saturated heterocycles. The lowest BCUT2D eigenvalue weighted by atomic mass is 9.98. The monoisotopic (exact) mass is 441 g/mol. The Hall–Kier alpha value is -3.13. The van der Waals surface area contributed by atoms with Gasteiger partial charge in [0, 0.05) is 24.6 Å². The Labute approximate surface area is 182 Å². The van der Waals surface area contributed by atoms with Crippen molar-refractivity contribution in [2.45, 2.75) is 38.4 Å². The molecule has 5 rings (SSSR count). The van der Waals surface area contributed by atoms with Gasteiger partial charge in [-0.05, 0) is 62.7 Å². The maximum atomic E-state index is 12.8. The number of hydrogen-bond acceptors (Lipinski definition) is 5. The first-order valence-corrected chi connectivity index (χ1v) is 10.6. The predicted molar refractivity (Wildman–Crippen MR) is 113 cm³/mol. The van der Waals surface area contributed by atoms with Gasteiger partial charge in [-0.1, -0.05) is 12.1 Å². The molecule has 8 heteroatoms. The van der Waals surface area contributed by atoms with Crippen molar-refractivity contribution in [2.75, 3.05) is 13.1 Å². The minimum atomic E-state index is -4.37. The zero-order chi connectivity index (χ0) is 22.3. The standard InChI is InChI=1S/C24H22F3N3O2/c1-15-20(29-22(31-15)16-8-10-18(11-9-16)24(25,26)27)14-30-12-4-5-17(13-30)23-28-19-6-2-3-7-21(19)32-23/h2-3,6-11,17H,4-5,12-14H2,1H3. The number of para-hydroxylation sites is 2. The molecule has 1 fully saturated rings. The molecule has 5 nitrogen and oxygen atoms in total. The lowest BCUT2D eigenvalue weighted by molar-refractivity contribution is -0.137. The van der Waals surface area contributed by atoms with Gasteiger partial charge in [0.05, 0.1) is 11.3 Å². The highest BCUT2D eigenvalue weighted by Crippen LogP contribution is 2.32. The summed E-state index contributed by atoms with van der Waals surface area (Å²) in [4.78, 5) is 11.5. The molecule has 2 aromatic heterocycles. The lowest BCUT2D eigenvalue weighted by Gasteiger charge is -2.30. The molecule has 166 valence electrons. The average Bonchev–Trinajstić information content (AvgIpc) is 3.37. The van der Waals surface area contributed by atoms with Gasteiger partial charge in [0.15, 0.2) is 11.5 Å². The maximum absolute atomic E-state index is 12.8. The van der Waals surface area contributed by atoms with Crippen molar-refractivity contribution >= 4 is 11.1 Å². The van der Waals surface area contributed by atoms with Crippen LogP contribution in [0.3, 0.4) is 0 Å². The van der Waals surface area contributed by atoms with E-state index in [1.54, 1.807) is 0 Å². The second kappa shape index (κ2) is 8.09. The largest absolute Gasteiger partial charge is 0.441 e. The van der Waals surface area contributed by atoms with Crippen LogP contribution in [0, 0.1) is 6.92 Å². The summed E-state index contributed by atoms with van der Waals surface area (Å²) >= 11 is 0. The topological polar surface area (TPSA) is 55.3 Å². The molecule has 0 saturated carbocycles. The van der Waals surface area contributed by atoms with E-state index in [1.807, 2.05) is 31.2 Å². The molecule has 0 N–H and O–H groups in total. The van der Waals surface area contributed by atoms with Crippen molar-refractivity contribution < 1.29 is 22.0 Å². The Morgan fingerprint density at radius 2 is 1.81 bits per heavy atom. The Morgan fingerprint density at radius 3 is 2.56 bits per heavy atom. The third-order valence-corrected chi connectivity index (χ3v) is 5.89. The smallest absolute Gasteiger partial charge is 0.416 e. The van der Waals surface area contributed by atoms with E-state index in [0.717, 1.165) is 60.7 Å². The van der Waals surface area contributed by atoms with Crippen molar-refractivity contribution in [2.24, 2.45) is 0 Å². The number of hydrogen-bond donors (Lipinski definition) is 0. The first kappa shape index (κ1) is 20.8. The van der Waals surface area contributed by atoms with Crippen LogP contribution in [0.25, 0.3) is 22.6 Å². The zero-order valence-corrected chi connectivity index (χ0v) is 17.5. The molecule has 3 heterocycles. The van der Waals surface area contributed by atoms with Crippen LogP contribution in [0.1, 0.15) is 41.7 Å². The second-order valence-corrected chi connectivity index (χ2v) is 8.19. The Kier molecular flexibility index (Phi) is 5.25. The molecule has 1 aliphatic rings. The van der Waals surface area contributed by atoms with Crippen molar-refractivity contribution in [1.29, 1.82) is 0 Å². The van der Waals surface area contributed by atoms with E-state index in [2.05, 4.69) is 14.9 Å². The Morgan fingerprint density at radius 1 is 1.03 bits per heavy atom. The van der Waals surface area contributed by atoms with E-state index in [0.29, 0.717) is 23.8 Å². The third kappa shape index (κ3) is 4.14. The molecule has 1 aliphatic heterocycles. The van der Waals surface area contributed by atoms with E-state index in [-0.39, 0.29) is 5.92 Å². The summed E-state index contributed by atoms with van der Waals surface area (Å²) in [7, 11) is 0. The quantitative estimate of drug-likeness (QED) is 0.378. The van der Waals surface area contributed by atoms with Crippen LogP contribution >= 0.6 is 0 Å². The van der Waals surface area contributed by atoms with Crippen LogP contribution in [0.5, 0.6) is 0 Å². The first-order chi connectivity index (χ1) is 15.4. The fourth-order valence-electron chi connectivity index (χ4n) is 4.18. The van der Waals surface area contributed by atoms with Gasteiger partial charge in [-0.2, -0.15) is 13.2 Å². The Bertz CT molecular complexity index is 1190. The number of fused-ring (bicyclic) bond motifs is 1. The lowest BCUT2D eigenvalue weighted by Crippen LogP contribution is -2.34. The number of halogens is 3. The average molecular weight is 441 g/mol. The molecule has 0 aliphatic carbocycles. The number of benzene rings is 2. The van der Waals surface area contributed by atoms with Crippen LogP contribution in [-0.2, 0) is 12.7 Å².